The van der Waals surface area contributed by atoms with Gasteiger partial charge >= 0.3 is 10.3 Å². The maximum atomic E-state index is 12.0. The van der Waals surface area contributed by atoms with Gasteiger partial charge < -0.3 is 10.5 Å². The van der Waals surface area contributed by atoms with Gasteiger partial charge in [0.05, 0.1) is 6.04 Å². The van der Waals surface area contributed by atoms with E-state index in [2.05, 4.69) is 0 Å². The summed E-state index contributed by atoms with van der Waals surface area (Å²) >= 11 is 0. The van der Waals surface area contributed by atoms with E-state index < -0.39 is 40.2 Å². The molecule has 0 unspecified atom stereocenters. The second-order valence-corrected chi connectivity index (χ2v) is 5.94. The Balaban J connectivity index is 2.08. The number of hydrogen-bond acceptors (Lipinski definition) is 6. The van der Waals surface area contributed by atoms with E-state index >= 15 is 0 Å². The van der Waals surface area contributed by atoms with Crippen molar-refractivity contribution < 1.29 is 27.3 Å². The van der Waals surface area contributed by atoms with Crippen molar-refractivity contribution in [3.63, 3.8) is 0 Å². The third kappa shape index (κ3) is 2.50. The number of hydrogen-bond donors (Lipinski definition) is 2. The van der Waals surface area contributed by atoms with Gasteiger partial charge in [0.2, 0.25) is 5.78 Å². The second-order valence-electron chi connectivity index (χ2n) is 4.65. The molecule has 114 valence electrons. The fraction of sp³-hybridized carbons (Fsp3) is 0.333. The minimum absolute atomic E-state index is 0.174. The molecular weight excluding hydrogens is 300 g/mol. The fourth-order valence-corrected chi connectivity index (χ4v) is 3.02. The fourth-order valence-electron chi connectivity index (χ4n) is 2.10. The molecule has 8 nitrogen and oxygen atoms in total. The van der Waals surface area contributed by atoms with Gasteiger partial charge in [-0.15, -0.1) is 0 Å². The highest BCUT2D eigenvalue weighted by Gasteiger charge is 2.64. The summed E-state index contributed by atoms with van der Waals surface area (Å²) < 4.78 is 36.2. The third-order valence-corrected chi connectivity index (χ3v) is 4.37. The molecule has 1 aliphatic heterocycles. The standard InChI is InChI=1S/C12H14N2O6S/c1-8-12(13,11(16)14(8)21(17,18)19)10(15)7-20-9-5-3-2-4-6-9/h2-6,8H,7,13H2,1H3,(H,17,18,19)/t8-,12+/m1/s1. The van der Waals surface area contributed by atoms with Crippen LogP contribution in [-0.2, 0) is 19.9 Å². The number of rotatable bonds is 5. The lowest BCUT2D eigenvalue weighted by Crippen LogP contribution is -2.82. The highest BCUT2D eigenvalue weighted by molar-refractivity contribution is 7.84. The molecule has 1 saturated heterocycles. The monoisotopic (exact) mass is 314 g/mol. The van der Waals surface area contributed by atoms with Crippen LogP contribution in [0.25, 0.3) is 0 Å². The minimum Gasteiger partial charge on any atom is -0.486 e. The van der Waals surface area contributed by atoms with E-state index in [9.17, 15) is 18.0 Å². The number of β-lactam (4-membered cyclic amide) rings is 1. The number of carbonyl (C=O) groups excluding carboxylic acids is 2. The maximum absolute atomic E-state index is 12.0. The van der Waals surface area contributed by atoms with Crippen LogP contribution in [0.3, 0.4) is 0 Å². The van der Waals surface area contributed by atoms with Gasteiger partial charge in [-0.05, 0) is 19.1 Å². The van der Waals surface area contributed by atoms with Gasteiger partial charge in [-0.25, -0.2) is 4.31 Å². The number of ketones is 1. The SMILES string of the molecule is C[C@H]1N(S(=O)(=O)O)C(=O)[C@@]1(N)C(=O)COc1ccccc1. The molecule has 2 rings (SSSR count). The summed E-state index contributed by atoms with van der Waals surface area (Å²) in [5.41, 5.74) is 3.68. The molecule has 0 aliphatic carbocycles. The van der Waals surface area contributed by atoms with E-state index in [4.69, 9.17) is 15.0 Å². The van der Waals surface area contributed by atoms with E-state index in [1.807, 2.05) is 0 Å². The topological polar surface area (TPSA) is 127 Å². The van der Waals surface area contributed by atoms with Crippen molar-refractivity contribution in [3.8, 4) is 5.75 Å². The predicted octanol–water partition coefficient (Wildman–Crippen LogP) is -0.634. The average Bonchev–Trinajstić information content (AvgIpc) is 2.43. The van der Waals surface area contributed by atoms with Crippen molar-refractivity contribution in [1.82, 2.24) is 4.31 Å². The smallest absolute Gasteiger partial charge is 0.362 e. The van der Waals surface area contributed by atoms with E-state index in [-0.39, 0.29) is 4.31 Å². The number of carbonyl (C=O) groups is 2. The molecule has 1 aliphatic rings. The van der Waals surface area contributed by atoms with Crippen molar-refractivity contribution in [1.29, 1.82) is 0 Å². The molecular formula is C12H14N2O6S. The lowest BCUT2D eigenvalue weighted by molar-refractivity contribution is -0.156. The van der Waals surface area contributed by atoms with Crippen molar-refractivity contribution in [2.24, 2.45) is 5.73 Å². The molecule has 0 saturated carbocycles. The zero-order chi connectivity index (χ0) is 15.8. The van der Waals surface area contributed by atoms with Crippen LogP contribution in [0.4, 0.5) is 0 Å². The molecule has 1 aromatic rings. The highest BCUT2D eigenvalue weighted by atomic mass is 32.2. The molecule has 21 heavy (non-hydrogen) atoms. The van der Waals surface area contributed by atoms with Gasteiger partial charge in [0.15, 0.2) is 5.54 Å². The van der Waals surface area contributed by atoms with Crippen molar-refractivity contribution >= 4 is 22.0 Å². The molecule has 0 radical (unpaired) electrons. The molecule has 9 heteroatoms. The van der Waals surface area contributed by atoms with Crippen molar-refractivity contribution in [2.45, 2.75) is 18.5 Å². The van der Waals surface area contributed by atoms with Crippen LogP contribution in [0.15, 0.2) is 30.3 Å². The van der Waals surface area contributed by atoms with E-state index in [1.54, 1.807) is 30.3 Å². The normalized spacial score (nSPS) is 25.4. The molecule has 3 N–H and O–H groups in total. The first-order chi connectivity index (χ1) is 9.69. The van der Waals surface area contributed by atoms with Gasteiger partial charge in [-0.1, -0.05) is 18.2 Å². The molecule has 1 heterocycles. The van der Waals surface area contributed by atoms with Gasteiger partial charge in [-0.3, -0.25) is 14.1 Å². The lowest BCUT2D eigenvalue weighted by Gasteiger charge is -2.48. The predicted molar refractivity (Wildman–Crippen MR) is 71.7 cm³/mol. The summed E-state index contributed by atoms with van der Waals surface area (Å²) in [5.74, 6) is -1.51. The quantitative estimate of drug-likeness (QED) is 0.420. The Kier molecular flexibility index (Phi) is 3.74. The summed E-state index contributed by atoms with van der Waals surface area (Å²) in [6.07, 6.45) is 0. The molecule has 1 fully saturated rings. The molecule has 1 amide bonds. The first-order valence-electron chi connectivity index (χ1n) is 6.00. The van der Waals surface area contributed by atoms with Crippen molar-refractivity contribution in [3.05, 3.63) is 30.3 Å². The number of ether oxygens (including phenoxy) is 1. The van der Waals surface area contributed by atoms with Gasteiger partial charge in [-0.2, -0.15) is 8.42 Å². The van der Waals surface area contributed by atoms with Gasteiger partial charge in [0.25, 0.3) is 5.91 Å². The summed E-state index contributed by atoms with van der Waals surface area (Å²) in [4.78, 5) is 23.8. The van der Waals surface area contributed by atoms with Crippen LogP contribution in [0.1, 0.15) is 6.92 Å². The number of amides is 1. The van der Waals surface area contributed by atoms with Crippen LogP contribution in [0.2, 0.25) is 0 Å². The maximum Gasteiger partial charge on any atom is 0.362 e. The largest absolute Gasteiger partial charge is 0.486 e. The first kappa shape index (κ1) is 15.4. The average molecular weight is 314 g/mol. The molecule has 0 aromatic heterocycles. The van der Waals surface area contributed by atoms with Crippen LogP contribution in [-0.4, -0.2) is 47.2 Å². The second kappa shape index (κ2) is 5.10. The lowest BCUT2D eigenvalue weighted by atomic mass is 9.79. The summed E-state index contributed by atoms with van der Waals surface area (Å²) in [6.45, 7) is 0.783. The Bertz CT molecular complexity index is 674. The number of para-hydroxylation sites is 1. The van der Waals surface area contributed by atoms with Gasteiger partial charge in [0, 0.05) is 0 Å². The third-order valence-electron chi connectivity index (χ3n) is 3.39. The summed E-state index contributed by atoms with van der Waals surface area (Å²) in [5, 5.41) is 0. The first-order valence-corrected chi connectivity index (χ1v) is 7.40. The zero-order valence-corrected chi connectivity index (χ0v) is 11.9. The summed E-state index contributed by atoms with van der Waals surface area (Å²) in [6, 6.07) is 7.23. The Morgan fingerprint density at radius 1 is 1.43 bits per heavy atom. The number of nitrogens with zero attached hydrogens (tertiary/aromatic N) is 1. The van der Waals surface area contributed by atoms with E-state index in [0.29, 0.717) is 5.75 Å². The molecule has 1 aromatic carbocycles. The molecule has 0 bridgehead atoms. The van der Waals surface area contributed by atoms with Crippen LogP contribution in [0, 0.1) is 0 Å². The van der Waals surface area contributed by atoms with Gasteiger partial charge in [0.1, 0.15) is 12.4 Å². The van der Waals surface area contributed by atoms with E-state index in [1.165, 1.54) is 6.92 Å². The van der Waals surface area contributed by atoms with E-state index in [0.717, 1.165) is 0 Å². The highest BCUT2D eigenvalue weighted by Crippen LogP contribution is 2.32. The summed E-state index contributed by atoms with van der Waals surface area (Å²) in [7, 11) is -4.73. The van der Waals surface area contributed by atoms with Crippen molar-refractivity contribution in [2.75, 3.05) is 6.61 Å². The number of Topliss-reactive ketones (excluding diaryl/α,β-unsaturated/α-hetero) is 1. The Morgan fingerprint density at radius 2 is 2.00 bits per heavy atom. The molecule has 2 atom stereocenters. The number of nitrogens with two attached hydrogens (primary N) is 1. The Morgan fingerprint density at radius 3 is 2.48 bits per heavy atom. The Hall–Kier alpha value is -1.97. The zero-order valence-electron chi connectivity index (χ0n) is 11.1. The number of benzene rings is 1. The van der Waals surface area contributed by atoms with Crippen LogP contribution < -0.4 is 10.5 Å². The minimum atomic E-state index is -4.73. The van der Waals surface area contributed by atoms with Crippen LogP contribution >= 0.6 is 0 Å². The van der Waals surface area contributed by atoms with Crippen LogP contribution in [0.5, 0.6) is 5.75 Å². The molecule has 0 spiro atoms. The Labute approximate surface area is 121 Å².